The minimum atomic E-state index is -0.851. The van der Waals surface area contributed by atoms with Crippen molar-refractivity contribution < 1.29 is 14.6 Å². The van der Waals surface area contributed by atoms with Gasteiger partial charge in [-0.1, -0.05) is 33.4 Å². The van der Waals surface area contributed by atoms with Crippen LogP contribution in [0.15, 0.2) is 12.3 Å². The fraction of sp³-hybridized carbons (Fsp3) is 0.364. The number of nitrogens with one attached hydrogen (secondary N) is 4. The normalized spacial score (nSPS) is 25.9. The number of aromatic amines is 3. The fourth-order valence-corrected chi connectivity index (χ4v) is 6.99. The number of allylic oxidation sites excluding steroid dienone is 1. The van der Waals surface area contributed by atoms with Crippen LogP contribution < -0.4 is 26.6 Å². The van der Waals surface area contributed by atoms with Crippen LogP contribution in [0.4, 0.5) is 0 Å². The number of aromatic nitrogens is 3. The highest BCUT2D eigenvalue weighted by atomic mass is 16.5. The molecule has 0 saturated carbocycles. The monoisotopic (exact) mass is 538 g/mol. The van der Waals surface area contributed by atoms with E-state index in [0.717, 1.165) is 67.5 Å². The molecule has 1 saturated heterocycles. The summed E-state index contributed by atoms with van der Waals surface area (Å²) in [6.45, 7) is 16.9. The van der Waals surface area contributed by atoms with Crippen molar-refractivity contribution >= 4 is 41.6 Å². The Bertz CT molecular complexity index is 1880. The van der Waals surface area contributed by atoms with Crippen LogP contribution in [0.2, 0.25) is 0 Å². The van der Waals surface area contributed by atoms with Gasteiger partial charge in [0.05, 0.1) is 18.5 Å². The van der Waals surface area contributed by atoms with Gasteiger partial charge in [-0.15, -0.1) is 0 Å². The molecule has 7 nitrogen and oxygen atoms in total. The Morgan fingerprint density at radius 3 is 2.38 bits per heavy atom. The summed E-state index contributed by atoms with van der Waals surface area (Å²) in [5.41, 5.74) is 10.4. The Kier molecular flexibility index (Phi) is 6.02. The van der Waals surface area contributed by atoms with Crippen molar-refractivity contribution in [1.82, 2.24) is 20.3 Å². The minimum Gasteiger partial charge on any atom is -0.510 e. The lowest BCUT2D eigenvalue weighted by Gasteiger charge is -2.23. The van der Waals surface area contributed by atoms with E-state index in [9.17, 15) is 9.90 Å². The molecule has 4 atom stereocenters. The Morgan fingerprint density at radius 2 is 1.70 bits per heavy atom. The molecule has 2 aliphatic heterocycles. The van der Waals surface area contributed by atoms with E-state index >= 15 is 0 Å². The van der Waals surface area contributed by atoms with Crippen molar-refractivity contribution in [2.75, 3.05) is 7.11 Å². The number of hydrogen-bond acceptors (Lipinski definition) is 4. The first-order valence-corrected chi connectivity index (χ1v) is 14.1. The number of aliphatic hydroxyl groups excluding tert-OH is 1. The number of esters is 1. The van der Waals surface area contributed by atoms with Crippen molar-refractivity contribution in [3.8, 4) is 0 Å². The molecular weight excluding hydrogens is 500 g/mol. The second kappa shape index (κ2) is 9.22. The molecule has 3 aromatic rings. The van der Waals surface area contributed by atoms with Gasteiger partial charge in [-0.3, -0.25) is 4.79 Å². The number of aliphatic hydroxyl groups is 1. The number of fused-ring (bicyclic) bond motifs is 8. The van der Waals surface area contributed by atoms with Crippen molar-refractivity contribution in [2.45, 2.75) is 54.0 Å². The van der Waals surface area contributed by atoms with Crippen molar-refractivity contribution in [3.05, 3.63) is 78.4 Å². The molecule has 1 fully saturated rings. The Balaban J connectivity index is 1.75. The maximum Gasteiger partial charge on any atom is 0.320 e. The summed E-state index contributed by atoms with van der Waals surface area (Å²) < 4.78 is 5.20. The number of rotatable bonds is 3. The number of methoxy groups -OCH3 is 1. The van der Waals surface area contributed by atoms with Gasteiger partial charge >= 0.3 is 5.97 Å². The lowest BCUT2D eigenvalue weighted by Crippen LogP contribution is -2.37. The van der Waals surface area contributed by atoms with Crippen LogP contribution in [0.1, 0.15) is 65.7 Å². The van der Waals surface area contributed by atoms with Crippen LogP contribution in [-0.2, 0) is 16.0 Å². The van der Waals surface area contributed by atoms with Gasteiger partial charge in [-0.2, -0.15) is 0 Å². The standard InChI is InChI=1S/C33H38N4O3/c1-9-19-16(5)22-11-21-14(3)15(4)30(36-21)28-29(33(39)40-8)32(38)27-18(7)24(37-31(27)28)13-26-20(10-2)17(6)23(35-26)12-25(19)34-22/h9,11-15,29-30,34-38H,1,10H2,2-8H3/b21-11-,23-12-,26-13-/t14-,15-,29+,30?/m0/s1. The first kappa shape index (κ1) is 26.1. The van der Waals surface area contributed by atoms with E-state index in [0.29, 0.717) is 5.22 Å². The molecule has 0 spiro atoms. The number of H-pyrrole nitrogens is 3. The quantitative estimate of drug-likeness (QED) is 0.331. The zero-order valence-corrected chi connectivity index (χ0v) is 24.3. The molecule has 208 valence electrons. The van der Waals surface area contributed by atoms with Gasteiger partial charge in [0.25, 0.3) is 0 Å². The molecule has 5 heterocycles. The molecule has 0 radical (unpaired) electrons. The largest absolute Gasteiger partial charge is 0.510 e. The highest BCUT2D eigenvalue weighted by molar-refractivity contribution is 5.95. The van der Waals surface area contributed by atoms with Crippen molar-refractivity contribution in [1.29, 1.82) is 0 Å². The fourth-order valence-electron chi connectivity index (χ4n) is 6.99. The molecule has 0 aromatic carbocycles. The molecule has 5 N–H and O–H groups in total. The molecule has 1 unspecified atom stereocenters. The Morgan fingerprint density at radius 1 is 1.00 bits per heavy atom. The second-order valence-corrected chi connectivity index (χ2v) is 11.5. The van der Waals surface area contributed by atoms with Crippen LogP contribution in [0.3, 0.4) is 0 Å². The predicted octanol–water partition coefficient (Wildman–Crippen LogP) is 2.68. The molecule has 1 aliphatic carbocycles. The number of hydrogen-bond donors (Lipinski definition) is 5. The van der Waals surface area contributed by atoms with E-state index in [1.165, 1.54) is 18.2 Å². The minimum absolute atomic E-state index is 0.0540. The third-order valence-electron chi connectivity index (χ3n) is 9.57. The van der Waals surface area contributed by atoms with Crippen LogP contribution in [0.5, 0.6) is 0 Å². The summed E-state index contributed by atoms with van der Waals surface area (Å²) in [5, 5.41) is 18.8. The average molecular weight is 539 g/mol. The van der Waals surface area contributed by atoms with E-state index in [4.69, 9.17) is 4.74 Å². The summed E-state index contributed by atoms with van der Waals surface area (Å²) in [5.74, 6) is -0.889. The van der Waals surface area contributed by atoms with Gasteiger partial charge in [0, 0.05) is 50.2 Å². The molecule has 7 heteroatoms. The first-order chi connectivity index (χ1) is 19.1. The second-order valence-electron chi connectivity index (χ2n) is 11.5. The maximum atomic E-state index is 13.1. The number of ether oxygens (including phenoxy) is 1. The molecule has 40 heavy (non-hydrogen) atoms. The molecule has 0 amide bonds. The smallest absolute Gasteiger partial charge is 0.320 e. The molecular formula is C33H38N4O3. The average Bonchev–Trinajstić information content (AvgIpc) is 3.66. The van der Waals surface area contributed by atoms with Crippen molar-refractivity contribution in [2.24, 2.45) is 17.8 Å². The lowest BCUT2D eigenvalue weighted by molar-refractivity contribution is -0.142. The third kappa shape index (κ3) is 3.53. The van der Waals surface area contributed by atoms with E-state index in [-0.39, 0.29) is 23.6 Å². The highest BCUT2D eigenvalue weighted by Gasteiger charge is 2.45. The number of carbonyl (C=O) groups excluding carboxylic acids is 1. The van der Waals surface area contributed by atoms with E-state index in [1.54, 1.807) is 0 Å². The summed E-state index contributed by atoms with van der Waals surface area (Å²) in [6.07, 6.45) is 9.27. The van der Waals surface area contributed by atoms with E-state index in [2.05, 4.69) is 79.7 Å². The molecule has 6 rings (SSSR count). The third-order valence-corrected chi connectivity index (χ3v) is 9.57. The first-order valence-electron chi connectivity index (χ1n) is 14.1. The summed E-state index contributed by atoms with van der Waals surface area (Å²) >= 11 is 0. The maximum absolute atomic E-state index is 13.1. The zero-order valence-electron chi connectivity index (χ0n) is 24.3. The SMILES string of the molecule is C=Cc1c2[nH]c(c1C)/C=C1\NC(C3=c4[nH]c(c(C)c4=C(O)[C@@H]3C(=O)OC)/C=c3\[nH]/c(c(C)c3CC)=C\2)[C@@H](C)[C@@H]1C. The van der Waals surface area contributed by atoms with E-state index < -0.39 is 11.9 Å². The number of carbonyl (C=O) groups is 1. The summed E-state index contributed by atoms with van der Waals surface area (Å²) in [7, 11) is 1.38. The zero-order chi connectivity index (χ0) is 28.6. The lowest BCUT2D eigenvalue weighted by atomic mass is 9.84. The molecule has 3 aliphatic rings. The highest BCUT2D eigenvalue weighted by Crippen LogP contribution is 2.40. The van der Waals surface area contributed by atoms with Gasteiger partial charge in [-0.05, 0) is 79.2 Å². The van der Waals surface area contributed by atoms with Gasteiger partial charge in [0.2, 0.25) is 0 Å². The molecule has 3 aromatic heterocycles. The van der Waals surface area contributed by atoms with Crippen LogP contribution in [0.25, 0.3) is 35.6 Å². The predicted molar refractivity (Wildman–Crippen MR) is 160 cm³/mol. The Labute approximate surface area is 233 Å². The Hall–Kier alpha value is -4.13. The van der Waals surface area contributed by atoms with Gasteiger partial charge in [-0.25, -0.2) is 0 Å². The van der Waals surface area contributed by atoms with Gasteiger partial charge < -0.3 is 30.1 Å². The van der Waals surface area contributed by atoms with E-state index in [1.807, 2.05) is 13.0 Å². The van der Waals surface area contributed by atoms with Gasteiger partial charge in [0.1, 0.15) is 11.7 Å². The molecule has 8 bridgehead atoms. The van der Waals surface area contributed by atoms with Crippen LogP contribution in [-0.4, -0.2) is 39.2 Å². The summed E-state index contributed by atoms with van der Waals surface area (Å²) in [4.78, 5) is 24.0. The summed E-state index contributed by atoms with van der Waals surface area (Å²) in [6, 6.07) is -0.168. The topological polar surface area (TPSA) is 106 Å². The van der Waals surface area contributed by atoms with Gasteiger partial charge in [0.15, 0.2) is 0 Å². The van der Waals surface area contributed by atoms with Crippen molar-refractivity contribution in [3.63, 3.8) is 0 Å². The van der Waals surface area contributed by atoms with Crippen LogP contribution in [0, 0.1) is 38.5 Å². The van der Waals surface area contributed by atoms with Crippen LogP contribution >= 0.6 is 0 Å².